The standard InChI is InChI=1S/C17H28N4O3/c1-12(2)11-20(4)15(22)6-5-14-13(3)18-17(19-16(14)23)21-7-9-24-10-8-21/h12H,5-11H2,1-4H3,(H,18,19,23). The van der Waals surface area contributed by atoms with E-state index in [4.69, 9.17) is 4.74 Å². The first kappa shape index (κ1) is 18.4. The summed E-state index contributed by atoms with van der Waals surface area (Å²) in [6.45, 7) is 9.43. The van der Waals surface area contributed by atoms with Crippen molar-refractivity contribution in [3.8, 4) is 0 Å². The van der Waals surface area contributed by atoms with Gasteiger partial charge in [0.2, 0.25) is 11.9 Å². The highest BCUT2D eigenvalue weighted by molar-refractivity contribution is 5.76. The molecule has 1 aliphatic rings. The van der Waals surface area contributed by atoms with Crippen LogP contribution in [0.4, 0.5) is 5.95 Å². The molecule has 0 aromatic carbocycles. The van der Waals surface area contributed by atoms with Crippen molar-refractivity contribution in [1.29, 1.82) is 0 Å². The van der Waals surface area contributed by atoms with Crippen LogP contribution in [0, 0.1) is 12.8 Å². The van der Waals surface area contributed by atoms with Gasteiger partial charge >= 0.3 is 0 Å². The number of amides is 1. The molecule has 1 amide bonds. The summed E-state index contributed by atoms with van der Waals surface area (Å²) in [7, 11) is 1.80. The van der Waals surface area contributed by atoms with E-state index < -0.39 is 0 Å². The molecule has 0 radical (unpaired) electrons. The molecule has 0 bridgehead atoms. The third-order valence-corrected chi connectivity index (χ3v) is 4.17. The minimum absolute atomic E-state index is 0.0553. The third-order valence-electron chi connectivity index (χ3n) is 4.17. The number of carbonyl (C=O) groups excluding carboxylic acids is 1. The van der Waals surface area contributed by atoms with Gasteiger partial charge in [0.1, 0.15) is 0 Å². The average Bonchev–Trinajstić information content (AvgIpc) is 2.53. The highest BCUT2D eigenvalue weighted by Crippen LogP contribution is 2.12. The molecule has 1 aromatic heterocycles. The molecule has 7 nitrogen and oxygen atoms in total. The van der Waals surface area contributed by atoms with Gasteiger partial charge in [-0.1, -0.05) is 13.8 Å². The molecule has 0 spiro atoms. The second-order valence-electron chi connectivity index (χ2n) is 6.72. The Morgan fingerprint density at radius 1 is 1.38 bits per heavy atom. The highest BCUT2D eigenvalue weighted by Gasteiger charge is 2.17. The normalized spacial score (nSPS) is 15.0. The van der Waals surface area contributed by atoms with Crippen molar-refractivity contribution in [3.63, 3.8) is 0 Å². The fourth-order valence-corrected chi connectivity index (χ4v) is 2.89. The maximum absolute atomic E-state index is 12.4. The Balaban J connectivity index is 2.03. The van der Waals surface area contributed by atoms with E-state index in [9.17, 15) is 9.59 Å². The van der Waals surface area contributed by atoms with Crippen molar-refractivity contribution < 1.29 is 9.53 Å². The second-order valence-corrected chi connectivity index (χ2v) is 6.72. The molecule has 1 N–H and O–H groups in total. The molecule has 1 aromatic rings. The summed E-state index contributed by atoms with van der Waals surface area (Å²) < 4.78 is 5.32. The molecular weight excluding hydrogens is 308 g/mol. The summed E-state index contributed by atoms with van der Waals surface area (Å²) >= 11 is 0. The number of aryl methyl sites for hydroxylation is 1. The lowest BCUT2D eigenvalue weighted by Gasteiger charge is -2.27. The quantitative estimate of drug-likeness (QED) is 0.837. The predicted molar refractivity (Wildman–Crippen MR) is 93.4 cm³/mol. The molecule has 2 heterocycles. The molecule has 2 rings (SSSR count). The van der Waals surface area contributed by atoms with E-state index in [0.717, 1.165) is 19.6 Å². The lowest BCUT2D eigenvalue weighted by atomic mass is 10.1. The molecule has 0 saturated carbocycles. The van der Waals surface area contributed by atoms with Gasteiger partial charge in [-0.05, 0) is 19.3 Å². The fraction of sp³-hybridized carbons (Fsp3) is 0.706. The Morgan fingerprint density at radius 2 is 2.04 bits per heavy atom. The highest BCUT2D eigenvalue weighted by atomic mass is 16.5. The maximum atomic E-state index is 12.4. The Bertz CT molecular complexity index is 621. The number of hydrogen-bond donors (Lipinski definition) is 1. The molecule has 24 heavy (non-hydrogen) atoms. The third kappa shape index (κ3) is 4.80. The van der Waals surface area contributed by atoms with E-state index in [-0.39, 0.29) is 11.5 Å². The van der Waals surface area contributed by atoms with Crippen LogP contribution >= 0.6 is 0 Å². The molecule has 0 unspecified atom stereocenters. The molecule has 0 atom stereocenters. The van der Waals surface area contributed by atoms with Gasteiger partial charge in [0.05, 0.1) is 13.2 Å². The molecule has 1 saturated heterocycles. The molecule has 134 valence electrons. The number of morpholine rings is 1. The van der Waals surface area contributed by atoms with E-state index in [0.29, 0.717) is 49.2 Å². The monoisotopic (exact) mass is 336 g/mol. The van der Waals surface area contributed by atoms with Crippen LogP contribution in [0.1, 0.15) is 31.5 Å². The second kappa shape index (κ2) is 8.28. The van der Waals surface area contributed by atoms with Crippen molar-refractivity contribution >= 4 is 11.9 Å². The average molecular weight is 336 g/mol. The van der Waals surface area contributed by atoms with Crippen LogP contribution in [0.15, 0.2) is 4.79 Å². The maximum Gasteiger partial charge on any atom is 0.255 e. The summed E-state index contributed by atoms with van der Waals surface area (Å²) in [6.07, 6.45) is 0.741. The van der Waals surface area contributed by atoms with Crippen molar-refractivity contribution in [2.45, 2.75) is 33.6 Å². The Labute approximate surface area is 143 Å². The van der Waals surface area contributed by atoms with E-state index in [1.807, 2.05) is 11.8 Å². The first-order valence-electron chi connectivity index (χ1n) is 8.55. The van der Waals surface area contributed by atoms with E-state index >= 15 is 0 Å². The molecular formula is C17H28N4O3. The minimum atomic E-state index is -0.150. The van der Waals surface area contributed by atoms with Crippen molar-refractivity contribution in [3.05, 3.63) is 21.6 Å². The number of carbonyl (C=O) groups is 1. The van der Waals surface area contributed by atoms with Crippen LogP contribution in [-0.2, 0) is 16.0 Å². The minimum Gasteiger partial charge on any atom is -0.378 e. The first-order valence-corrected chi connectivity index (χ1v) is 8.55. The molecule has 0 aliphatic carbocycles. The van der Waals surface area contributed by atoms with Crippen molar-refractivity contribution in [1.82, 2.24) is 14.9 Å². The molecule has 1 fully saturated rings. The topological polar surface area (TPSA) is 78.5 Å². The fourth-order valence-electron chi connectivity index (χ4n) is 2.89. The number of nitrogens with zero attached hydrogens (tertiary/aromatic N) is 3. The Morgan fingerprint density at radius 3 is 2.62 bits per heavy atom. The largest absolute Gasteiger partial charge is 0.378 e. The molecule has 1 aliphatic heterocycles. The van der Waals surface area contributed by atoms with Gasteiger partial charge < -0.3 is 14.5 Å². The SMILES string of the molecule is Cc1nc(N2CCOCC2)[nH]c(=O)c1CCC(=O)N(C)CC(C)C. The van der Waals surface area contributed by atoms with E-state index in [2.05, 4.69) is 23.8 Å². The number of H-pyrrole nitrogens is 1. The summed E-state index contributed by atoms with van der Waals surface area (Å²) in [6, 6.07) is 0. The van der Waals surface area contributed by atoms with Gasteiger partial charge in [0, 0.05) is 44.4 Å². The number of rotatable bonds is 6. The number of ether oxygens (including phenoxy) is 1. The summed E-state index contributed by atoms with van der Waals surface area (Å²) in [5.41, 5.74) is 1.14. The predicted octanol–water partition coefficient (Wildman–Crippen LogP) is 0.962. The Kier molecular flexibility index (Phi) is 6.36. The summed E-state index contributed by atoms with van der Waals surface area (Å²) in [5, 5.41) is 0. The zero-order chi connectivity index (χ0) is 17.7. The smallest absolute Gasteiger partial charge is 0.255 e. The van der Waals surface area contributed by atoms with Gasteiger partial charge in [0.25, 0.3) is 5.56 Å². The van der Waals surface area contributed by atoms with Crippen LogP contribution in [0.5, 0.6) is 0 Å². The van der Waals surface area contributed by atoms with Gasteiger partial charge in [-0.3, -0.25) is 14.6 Å². The van der Waals surface area contributed by atoms with Gasteiger partial charge in [0.15, 0.2) is 0 Å². The number of anilines is 1. The summed E-state index contributed by atoms with van der Waals surface area (Å²) in [5.74, 6) is 1.08. The number of nitrogens with one attached hydrogen (secondary N) is 1. The zero-order valence-corrected chi connectivity index (χ0v) is 15.1. The van der Waals surface area contributed by atoms with Gasteiger partial charge in [-0.2, -0.15) is 0 Å². The van der Waals surface area contributed by atoms with E-state index in [1.54, 1.807) is 11.9 Å². The number of hydrogen-bond acceptors (Lipinski definition) is 5. The van der Waals surface area contributed by atoms with Crippen LogP contribution < -0.4 is 10.5 Å². The Hall–Kier alpha value is -1.89. The first-order chi connectivity index (χ1) is 11.4. The van der Waals surface area contributed by atoms with Crippen LogP contribution in [0.3, 0.4) is 0 Å². The van der Waals surface area contributed by atoms with Gasteiger partial charge in [-0.15, -0.1) is 0 Å². The van der Waals surface area contributed by atoms with Gasteiger partial charge in [-0.25, -0.2) is 4.98 Å². The van der Waals surface area contributed by atoms with Crippen molar-refractivity contribution in [2.75, 3.05) is 44.8 Å². The number of aromatic amines is 1. The zero-order valence-electron chi connectivity index (χ0n) is 15.1. The van der Waals surface area contributed by atoms with E-state index in [1.165, 1.54) is 0 Å². The van der Waals surface area contributed by atoms with Crippen molar-refractivity contribution in [2.24, 2.45) is 5.92 Å². The lowest BCUT2D eigenvalue weighted by molar-refractivity contribution is -0.130. The van der Waals surface area contributed by atoms with Crippen LogP contribution in [0.2, 0.25) is 0 Å². The summed E-state index contributed by atoms with van der Waals surface area (Å²) in [4.78, 5) is 35.7. The molecule has 7 heteroatoms. The van der Waals surface area contributed by atoms with Crippen LogP contribution in [-0.4, -0.2) is 60.7 Å². The lowest BCUT2D eigenvalue weighted by Crippen LogP contribution is -2.38. The number of aromatic nitrogens is 2. The van der Waals surface area contributed by atoms with Crippen LogP contribution in [0.25, 0.3) is 0 Å².